The van der Waals surface area contributed by atoms with Gasteiger partial charge in [0.1, 0.15) is 0 Å². The molecule has 0 atom stereocenters. The Bertz CT molecular complexity index is 416. The Morgan fingerprint density at radius 3 is 0.895 bits per heavy atom. The molecule has 0 aromatic carbocycles. The van der Waals surface area contributed by atoms with Gasteiger partial charge < -0.3 is 19.8 Å². The van der Waals surface area contributed by atoms with Gasteiger partial charge in [-0.2, -0.15) is 0 Å². The van der Waals surface area contributed by atoms with Gasteiger partial charge in [0.25, 0.3) is 0 Å². The van der Waals surface area contributed by atoms with Crippen LogP contribution in [0, 0.1) is 0 Å². The molecule has 0 aliphatic heterocycles. The van der Waals surface area contributed by atoms with Gasteiger partial charge in [-0.3, -0.25) is 0 Å². The third-order valence-electron chi connectivity index (χ3n) is 6.88. The quantitative estimate of drug-likeness (QED) is 0.0694. The average Bonchev–Trinajstić information content (AvgIpc) is 2.89. The van der Waals surface area contributed by atoms with Crippen LogP contribution in [-0.4, -0.2) is 31.7 Å². The molecule has 38 heavy (non-hydrogen) atoms. The van der Waals surface area contributed by atoms with Crippen LogP contribution in [0.4, 0.5) is 0 Å². The van der Waals surface area contributed by atoms with E-state index in [2.05, 4.69) is 32.6 Å². The average molecular weight is 647 g/mol. The molecule has 0 amide bonds. The molecule has 5 heteroatoms. The number of carboxylic acid groups (broad SMARTS) is 2. The molecule has 3 radical (unpaired) electrons. The summed E-state index contributed by atoms with van der Waals surface area (Å²) in [6.07, 6.45) is 28.2. The molecule has 0 spiro atoms. The first kappa shape index (κ1) is 42.2. The molecule has 0 saturated heterocycles. The number of rotatable bonds is 26. The van der Waals surface area contributed by atoms with E-state index in [-0.39, 0.29) is 12.8 Å². The normalized spacial score (nSPS) is 10.5. The van der Waals surface area contributed by atoms with Gasteiger partial charge in [0, 0.05) is 11.9 Å². The molecule has 0 bridgehead atoms. The van der Waals surface area contributed by atoms with Gasteiger partial charge in [0.05, 0.1) is 0 Å². The summed E-state index contributed by atoms with van der Waals surface area (Å²) in [5, 5.41) is 20.2. The van der Waals surface area contributed by atoms with Crippen LogP contribution in [-0.2, 0) is 9.59 Å². The topological polar surface area (TPSA) is 80.3 Å². The predicted octanol–water partition coefficient (Wildman–Crippen LogP) is 9.03. The molecule has 0 aromatic heterocycles. The Labute approximate surface area is 246 Å². The summed E-state index contributed by atoms with van der Waals surface area (Å²) in [4.78, 5) is 22.8. The number of aliphatic carboxylic acids is 2. The number of carbonyl (C=O) groups is 2. The van der Waals surface area contributed by atoms with Crippen molar-refractivity contribution in [3.05, 3.63) is 0 Å². The summed E-state index contributed by atoms with van der Waals surface area (Å²) in [5.74, 6) is -1.82. The maximum atomic E-state index is 10.1. The van der Waals surface area contributed by atoms with Crippen molar-refractivity contribution in [2.45, 2.75) is 196 Å². The van der Waals surface area contributed by atoms with Crippen LogP contribution >= 0.6 is 0 Å². The second-order valence-corrected chi connectivity index (χ2v) is 19.4. The minimum absolute atomic E-state index is 0.232. The van der Waals surface area contributed by atoms with E-state index in [1.807, 2.05) is 0 Å². The van der Waals surface area contributed by atoms with Crippen LogP contribution in [0.5, 0.6) is 0 Å². The van der Waals surface area contributed by atoms with Crippen LogP contribution in [0.1, 0.15) is 182 Å². The SMILES string of the molecule is CCCCCCCCCCCC(=O)[O-].CCCCCCCCCCCC(=O)[O-].CCC[CH2][Sn+2]([CH3])[CH2]CCC. The van der Waals surface area contributed by atoms with Gasteiger partial charge in [-0.25, -0.2) is 0 Å². The number of carboxylic acids is 2. The van der Waals surface area contributed by atoms with Crippen molar-refractivity contribution in [1.29, 1.82) is 0 Å². The molecule has 0 saturated carbocycles. The molecule has 227 valence electrons. The van der Waals surface area contributed by atoms with E-state index >= 15 is 0 Å². The zero-order valence-corrected chi connectivity index (χ0v) is 29.4. The number of hydrogen-bond donors (Lipinski definition) is 0. The number of hydrogen-bond acceptors (Lipinski definition) is 4. The van der Waals surface area contributed by atoms with Crippen LogP contribution in [0.2, 0.25) is 13.8 Å². The van der Waals surface area contributed by atoms with Crippen molar-refractivity contribution in [2.24, 2.45) is 0 Å². The van der Waals surface area contributed by atoms with E-state index in [1.165, 1.54) is 116 Å². The van der Waals surface area contributed by atoms with Gasteiger partial charge in [-0.1, -0.05) is 117 Å². The van der Waals surface area contributed by atoms with Gasteiger partial charge in [0.15, 0.2) is 0 Å². The molecule has 0 aliphatic carbocycles. The van der Waals surface area contributed by atoms with Crippen LogP contribution in [0.25, 0.3) is 0 Å². The third kappa shape index (κ3) is 48.8. The minimum atomic E-state index is -0.909. The molecule has 0 aliphatic rings. The van der Waals surface area contributed by atoms with Gasteiger partial charge in [-0.05, 0) is 25.7 Å². The summed E-state index contributed by atoms with van der Waals surface area (Å²) < 4.78 is 3.28. The molecule has 0 rings (SSSR count). The first-order chi connectivity index (χ1) is 18.3. The summed E-state index contributed by atoms with van der Waals surface area (Å²) in [6, 6.07) is 0. The molecule has 0 heterocycles. The van der Waals surface area contributed by atoms with E-state index in [4.69, 9.17) is 0 Å². The Hall–Kier alpha value is -0.261. The molecule has 0 unspecified atom stereocenters. The first-order valence-corrected chi connectivity index (χ1v) is 23.4. The van der Waals surface area contributed by atoms with E-state index in [0.717, 1.165) is 25.7 Å². The molecule has 0 aromatic rings. The van der Waals surface area contributed by atoms with Crippen LogP contribution in [0.3, 0.4) is 0 Å². The molecule has 0 N–H and O–H groups in total. The van der Waals surface area contributed by atoms with Crippen molar-refractivity contribution >= 4 is 31.7 Å². The molecular weight excluding hydrogens is 579 g/mol. The molecule has 4 nitrogen and oxygen atoms in total. The number of unbranched alkanes of at least 4 members (excludes halogenated alkanes) is 18. The third-order valence-corrected chi connectivity index (χ3v) is 13.8. The summed E-state index contributed by atoms with van der Waals surface area (Å²) >= 11 is -0.741. The summed E-state index contributed by atoms with van der Waals surface area (Å²) in [5.41, 5.74) is 0. The maximum absolute atomic E-state index is 10.1. The number of carbonyl (C=O) groups excluding carboxylic acids is 2. The monoisotopic (exact) mass is 647 g/mol. The summed E-state index contributed by atoms with van der Waals surface area (Å²) in [7, 11) is 0. The Balaban J connectivity index is -0.000000492. The standard InChI is InChI=1S/2C12H24O2.2C4H9.CH3.Sn/c2*1-2-3-4-5-6-7-8-9-10-11-12(13)14;2*1-3-4-2;;/h2*2-11H2,1H3,(H,13,14);2*1,3-4H2,2H3;1H3;/q;;;;;+2/p-2. The molecular formula is C33H67O4Sn. The zero-order valence-electron chi connectivity index (χ0n) is 26.5. The van der Waals surface area contributed by atoms with E-state index in [9.17, 15) is 19.8 Å². The van der Waals surface area contributed by atoms with Crippen molar-refractivity contribution in [3.63, 3.8) is 0 Å². The Morgan fingerprint density at radius 1 is 0.421 bits per heavy atom. The van der Waals surface area contributed by atoms with E-state index in [0.29, 0.717) is 0 Å². The first-order valence-electron chi connectivity index (χ1n) is 16.6. The zero-order chi connectivity index (χ0) is 29.1. The molecule has 0 fully saturated rings. The Kier molecular flexibility index (Phi) is 43.2. The fourth-order valence-corrected chi connectivity index (χ4v) is 10.4. The Morgan fingerprint density at radius 2 is 0.658 bits per heavy atom. The van der Waals surface area contributed by atoms with Crippen LogP contribution < -0.4 is 10.2 Å². The summed E-state index contributed by atoms with van der Waals surface area (Å²) in [6.45, 7) is 9.05. The van der Waals surface area contributed by atoms with Gasteiger partial charge in [0.2, 0.25) is 0 Å². The second-order valence-electron chi connectivity index (χ2n) is 11.1. The van der Waals surface area contributed by atoms with Gasteiger partial charge in [-0.15, -0.1) is 0 Å². The van der Waals surface area contributed by atoms with E-state index in [1.54, 1.807) is 8.87 Å². The second kappa shape index (κ2) is 38.9. The predicted molar refractivity (Wildman–Crippen MR) is 165 cm³/mol. The van der Waals surface area contributed by atoms with Crippen molar-refractivity contribution in [2.75, 3.05) is 0 Å². The fraction of sp³-hybridized carbons (Fsp3) is 0.939. The van der Waals surface area contributed by atoms with Crippen LogP contribution in [0.15, 0.2) is 0 Å². The van der Waals surface area contributed by atoms with E-state index < -0.39 is 31.7 Å². The van der Waals surface area contributed by atoms with Crippen molar-refractivity contribution in [1.82, 2.24) is 0 Å². The van der Waals surface area contributed by atoms with Gasteiger partial charge >= 0.3 is 73.1 Å². The van der Waals surface area contributed by atoms with Crippen molar-refractivity contribution < 1.29 is 19.8 Å². The van der Waals surface area contributed by atoms with Crippen molar-refractivity contribution in [3.8, 4) is 0 Å². The fourth-order valence-electron chi connectivity index (χ4n) is 4.24.